The summed E-state index contributed by atoms with van der Waals surface area (Å²) in [4.78, 5) is 33.7. The Morgan fingerprint density at radius 1 is 1.19 bits per heavy atom. The summed E-state index contributed by atoms with van der Waals surface area (Å²) in [6.45, 7) is 3.93. The molecule has 1 fully saturated rings. The van der Waals surface area contributed by atoms with Gasteiger partial charge in [-0.3, -0.25) is 19.5 Å². The summed E-state index contributed by atoms with van der Waals surface area (Å²) in [5.74, 6) is 0.0373. The van der Waals surface area contributed by atoms with Gasteiger partial charge in [-0.25, -0.2) is 4.68 Å². The molecule has 1 amide bonds. The zero-order valence-electron chi connectivity index (χ0n) is 18.4. The predicted molar refractivity (Wildman–Crippen MR) is 122 cm³/mol. The van der Waals surface area contributed by atoms with Gasteiger partial charge in [-0.1, -0.05) is 23.8 Å². The van der Waals surface area contributed by atoms with Crippen LogP contribution in [0, 0.1) is 12.8 Å². The molecule has 2 aromatic heterocycles. The molecule has 3 heterocycles. The first-order valence-electron chi connectivity index (χ1n) is 10.7. The summed E-state index contributed by atoms with van der Waals surface area (Å²) in [5, 5.41) is 4.32. The van der Waals surface area contributed by atoms with Crippen LogP contribution in [0.4, 0.5) is 5.82 Å². The fourth-order valence-corrected chi connectivity index (χ4v) is 4.05. The second-order valence-corrected chi connectivity index (χ2v) is 8.41. The highest BCUT2D eigenvalue weighted by Crippen LogP contribution is 2.25. The van der Waals surface area contributed by atoms with Crippen molar-refractivity contribution in [2.45, 2.75) is 19.9 Å². The van der Waals surface area contributed by atoms with E-state index in [1.807, 2.05) is 55.3 Å². The molecule has 2 N–H and O–H groups in total. The quantitative estimate of drug-likeness (QED) is 0.576. The number of nitrogen functional groups attached to an aromatic ring is 1. The lowest BCUT2D eigenvalue weighted by Gasteiger charge is -2.21. The predicted octanol–water partition coefficient (Wildman–Crippen LogP) is 2.32. The molecule has 0 aliphatic carbocycles. The van der Waals surface area contributed by atoms with Gasteiger partial charge in [-0.05, 0) is 44.2 Å². The van der Waals surface area contributed by atoms with Crippen molar-refractivity contribution in [3.05, 3.63) is 71.7 Å². The van der Waals surface area contributed by atoms with Crippen molar-refractivity contribution in [2.24, 2.45) is 5.92 Å². The Kier molecular flexibility index (Phi) is 6.32. The third-order valence-corrected chi connectivity index (χ3v) is 5.84. The van der Waals surface area contributed by atoms with E-state index in [9.17, 15) is 9.59 Å². The number of carbonyl (C=O) groups is 2. The third kappa shape index (κ3) is 4.70. The van der Waals surface area contributed by atoms with Crippen LogP contribution in [0.15, 0.2) is 55.0 Å². The van der Waals surface area contributed by atoms with Crippen LogP contribution in [-0.2, 0) is 11.3 Å². The number of aromatic nitrogens is 3. The summed E-state index contributed by atoms with van der Waals surface area (Å²) in [7, 11) is 1.91. The van der Waals surface area contributed by atoms with Gasteiger partial charge in [0.25, 0.3) is 0 Å². The number of carbonyl (C=O) groups excluding carboxylic acids is 2. The normalized spacial score (nSPS) is 16.0. The summed E-state index contributed by atoms with van der Waals surface area (Å²) < 4.78 is 1.58. The van der Waals surface area contributed by atoms with Crippen LogP contribution >= 0.6 is 0 Å². The van der Waals surface area contributed by atoms with Crippen LogP contribution in [0.1, 0.15) is 27.9 Å². The van der Waals surface area contributed by atoms with Crippen LogP contribution < -0.4 is 5.73 Å². The van der Waals surface area contributed by atoms with Gasteiger partial charge in [0.2, 0.25) is 5.91 Å². The number of likely N-dealkylation sites (tertiary alicyclic amines) is 1. The van der Waals surface area contributed by atoms with Gasteiger partial charge in [0.05, 0.1) is 24.0 Å². The van der Waals surface area contributed by atoms with E-state index >= 15 is 0 Å². The van der Waals surface area contributed by atoms with Crippen molar-refractivity contribution in [3.63, 3.8) is 0 Å². The summed E-state index contributed by atoms with van der Waals surface area (Å²) in [5.41, 5.74) is 9.68. The van der Waals surface area contributed by atoms with Crippen LogP contribution in [0.5, 0.6) is 0 Å². The lowest BCUT2D eigenvalue weighted by atomic mass is 9.98. The molecule has 4 rings (SSSR count). The monoisotopic (exact) mass is 432 g/mol. The van der Waals surface area contributed by atoms with E-state index in [1.165, 1.54) is 6.20 Å². The number of pyridine rings is 1. The molecule has 32 heavy (non-hydrogen) atoms. The minimum absolute atomic E-state index is 0.0232. The molecule has 0 radical (unpaired) electrons. The fourth-order valence-electron chi connectivity index (χ4n) is 4.05. The molecule has 1 aromatic carbocycles. The number of anilines is 1. The molecular weight excluding hydrogens is 404 g/mol. The number of likely N-dealkylation sites (N-methyl/N-ethyl adjacent to an activating group) is 1. The minimum Gasteiger partial charge on any atom is -0.383 e. The van der Waals surface area contributed by atoms with Gasteiger partial charge in [0.15, 0.2) is 5.78 Å². The van der Waals surface area contributed by atoms with E-state index in [0.717, 1.165) is 16.8 Å². The Morgan fingerprint density at radius 3 is 2.69 bits per heavy atom. The standard InChI is InChI=1S/C24H28N6O2/c1-17-5-7-20(8-6-17)30-24(25)21(13-27-30)23(32)19-9-11-29(15-19)22(31)16-28(2)14-18-4-3-10-26-12-18/h3-8,10,12-13,19H,9,11,14-16,25H2,1-2H3. The summed E-state index contributed by atoms with van der Waals surface area (Å²) in [6.07, 6.45) is 5.69. The molecule has 1 atom stereocenters. The smallest absolute Gasteiger partial charge is 0.236 e. The Hall–Kier alpha value is -3.52. The highest BCUT2D eigenvalue weighted by Gasteiger charge is 2.33. The van der Waals surface area contributed by atoms with Gasteiger partial charge in [-0.2, -0.15) is 5.10 Å². The van der Waals surface area contributed by atoms with Crippen molar-refractivity contribution in [3.8, 4) is 5.69 Å². The fraction of sp³-hybridized carbons (Fsp3) is 0.333. The second kappa shape index (κ2) is 9.32. The molecule has 0 spiro atoms. The highest BCUT2D eigenvalue weighted by atomic mass is 16.2. The number of amides is 1. The number of nitrogens with zero attached hydrogens (tertiary/aromatic N) is 5. The van der Waals surface area contributed by atoms with E-state index in [0.29, 0.717) is 44.0 Å². The Bertz CT molecular complexity index is 1090. The molecular formula is C24H28N6O2. The van der Waals surface area contributed by atoms with Crippen LogP contribution in [-0.4, -0.2) is 62.9 Å². The lowest BCUT2D eigenvalue weighted by molar-refractivity contribution is -0.131. The first-order valence-corrected chi connectivity index (χ1v) is 10.7. The Balaban J connectivity index is 1.36. The first kappa shape index (κ1) is 21.7. The number of ketones is 1. The molecule has 1 saturated heterocycles. The Morgan fingerprint density at radius 2 is 1.97 bits per heavy atom. The molecule has 1 aliphatic heterocycles. The van der Waals surface area contributed by atoms with Gasteiger partial charge in [-0.15, -0.1) is 0 Å². The van der Waals surface area contributed by atoms with E-state index in [1.54, 1.807) is 22.0 Å². The maximum absolute atomic E-state index is 13.1. The maximum atomic E-state index is 13.1. The van der Waals surface area contributed by atoms with Crippen molar-refractivity contribution in [1.82, 2.24) is 24.6 Å². The molecule has 3 aromatic rings. The second-order valence-electron chi connectivity index (χ2n) is 8.41. The molecule has 1 unspecified atom stereocenters. The van der Waals surface area contributed by atoms with E-state index in [4.69, 9.17) is 5.73 Å². The third-order valence-electron chi connectivity index (χ3n) is 5.84. The molecule has 0 bridgehead atoms. The van der Waals surface area contributed by atoms with E-state index in [-0.39, 0.29) is 17.6 Å². The number of hydrogen-bond donors (Lipinski definition) is 1. The SMILES string of the molecule is Cc1ccc(-n2ncc(C(=O)C3CCN(C(=O)CN(C)Cc4cccnc4)C3)c2N)cc1. The van der Waals surface area contributed by atoms with Crippen molar-refractivity contribution in [1.29, 1.82) is 0 Å². The van der Waals surface area contributed by atoms with Gasteiger partial charge >= 0.3 is 0 Å². The number of aryl methyl sites for hydroxylation is 1. The zero-order chi connectivity index (χ0) is 22.7. The molecule has 1 aliphatic rings. The molecule has 166 valence electrons. The maximum Gasteiger partial charge on any atom is 0.236 e. The molecule has 8 heteroatoms. The van der Waals surface area contributed by atoms with Crippen molar-refractivity contribution >= 4 is 17.5 Å². The van der Waals surface area contributed by atoms with Crippen molar-refractivity contribution in [2.75, 3.05) is 32.4 Å². The average Bonchev–Trinajstić information content (AvgIpc) is 3.42. The minimum atomic E-state index is -0.263. The first-order chi connectivity index (χ1) is 15.4. The zero-order valence-corrected chi connectivity index (χ0v) is 18.4. The number of Topliss-reactive ketones (excluding diaryl/α,β-unsaturated/α-hetero) is 1. The number of rotatable bonds is 7. The van der Waals surface area contributed by atoms with Crippen LogP contribution in [0.3, 0.4) is 0 Å². The van der Waals surface area contributed by atoms with Crippen LogP contribution in [0.25, 0.3) is 5.69 Å². The molecule has 0 saturated carbocycles. The summed E-state index contributed by atoms with van der Waals surface area (Å²) >= 11 is 0. The highest BCUT2D eigenvalue weighted by molar-refractivity contribution is 6.02. The number of hydrogen-bond acceptors (Lipinski definition) is 6. The van der Waals surface area contributed by atoms with E-state index in [2.05, 4.69) is 10.1 Å². The average molecular weight is 433 g/mol. The topological polar surface area (TPSA) is 97.4 Å². The van der Waals surface area contributed by atoms with E-state index < -0.39 is 0 Å². The van der Waals surface area contributed by atoms with Gasteiger partial charge in [0.1, 0.15) is 5.82 Å². The van der Waals surface area contributed by atoms with Crippen LogP contribution in [0.2, 0.25) is 0 Å². The number of benzene rings is 1. The summed E-state index contributed by atoms with van der Waals surface area (Å²) in [6, 6.07) is 11.7. The number of nitrogens with two attached hydrogens (primary N) is 1. The lowest BCUT2D eigenvalue weighted by Crippen LogP contribution is -2.38. The largest absolute Gasteiger partial charge is 0.383 e. The van der Waals surface area contributed by atoms with Gasteiger partial charge < -0.3 is 10.6 Å². The molecule has 8 nitrogen and oxygen atoms in total. The van der Waals surface area contributed by atoms with Gasteiger partial charge in [0, 0.05) is 37.9 Å². The van der Waals surface area contributed by atoms with Crippen molar-refractivity contribution < 1.29 is 9.59 Å². The Labute approximate surface area is 187 Å².